The number of halogens is 3. The van der Waals surface area contributed by atoms with E-state index >= 15 is 0 Å². The van der Waals surface area contributed by atoms with Crippen molar-refractivity contribution in [2.45, 2.75) is 19.3 Å². The third-order valence-electron chi connectivity index (χ3n) is 2.57. The van der Waals surface area contributed by atoms with E-state index < -0.39 is 12.4 Å². The Bertz CT molecular complexity index is 584. The molecule has 1 atom stereocenters. The highest BCUT2D eigenvalue weighted by atomic mass is 19.4. The van der Waals surface area contributed by atoms with E-state index in [2.05, 4.69) is 14.7 Å². The highest BCUT2D eigenvalue weighted by molar-refractivity contribution is 5.34. The number of alkyl halides is 3. The van der Waals surface area contributed by atoms with Crippen molar-refractivity contribution in [3.05, 3.63) is 53.6 Å². The van der Waals surface area contributed by atoms with Gasteiger partial charge in [-0.2, -0.15) is 0 Å². The molecule has 4 nitrogen and oxygen atoms in total. The quantitative estimate of drug-likeness (QED) is 0.940. The zero-order valence-electron chi connectivity index (χ0n) is 10.6. The molecule has 0 aliphatic rings. The lowest BCUT2D eigenvalue weighted by atomic mass is 10.0. The Morgan fingerprint density at radius 2 is 1.95 bits per heavy atom. The van der Waals surface area contributed by atoms with E-state index in [0.717, 1.165) is 5.69 Å². The molecular weight excluding hydrogens is 271 g/mol. The molecule has 0 aliphatic heterocycles. The van der Waals surface area contributed by atoms with Crippen molar-refractivity contribution in [3.63, 3.8) is 0 Å². The monoisotopic (exact) mass is 283 g/mol. The summed E-state index contributed by atoms with van der Waals surface area (Å²) in [6.07, 6.45) is -1.69. The minimum absolute atomic E-state index is 0.314. The largest absolute Gasteiger partial charge is 0.573 e. The zero-order valence-corrected chi connectivity index (χ0v) is 10.6. The average molecular weight is 283 g/mol. The molecule has 0 radical (unpaired) electrons. The number of aryl methyl sites for hydroxylation is 1. The van der Waals surface area contributed by atoms with Gasteiger partial charge in [0.1, 0.15) is 5.75 Å². The van der Waals surface area contributed by atoms with E-state index in [1.54, 1.807) is 19.2 Å². The molecule has 1 aromatic carbocycles. The number of ether oxygens (including phenoxy) is 1. The first-order valence-corrected chi connectivity index (χ1v) is 5.75. The minimum Gasteiger partial charge on any atom is -0.406 e. The predicted molar refractivity (Wildman–Crippen MR) is 65.9 cm³/mol. The first-order chi connectivity index (χ1) is 9.35. The lowest BCUT2D eigenvalue weighted by Gasteiger charge is -2.14. The Balaban J connectivity index is 2.24. The lowest BCUT2D eigenvalue weighted by molar-refractivity contribution is -0.274. The van der Waals surface area contributed by atoms with Gasteiger partial charge in [-0.05, 0) is 24.6 Å². The normalized spacial score (nSPS) is 13.1. The highest BCUT2D eigenvalue weighted by Gasteiger charge is 2.31. The van der Waals surface area contributed by atoms with Crippen LogP contribution in [0.3, 0.4) is 0 Å². The predicted octanol–water partition coefficient (Wildman–Crippen LogP) is 2.73. The third-order valence-corrected chi connectivity index (χ3v) is 2.57. The van der Waals surface area contributed by atoms with Crippen molar-refractivity contribution in [3.8, 4) is 5.75 Å². The molecule has 106 valence electrons. The molecule has 2 aromatic rings. The van der Waals surface area contributed by atoms with Gasteiger partial charge in [0, 0.05) is 6.20 Å². The molecule has 2 rings (SSSR count). The van der Waals surface area contributed by atoms with E-state index in [9.17, 15) is 13.2 Å². The van der Waals surface area contributed by atoms with Crippen LogP contribution in [-0.2, 0) is 0 Å². The maximum Gasteiger partial charge on any atom is 0.573 e. The van der Waals surface area contributed by atoms with E-state index in [1.165, 1.54) is 24.4 Å². The Hall–Kier alpha value is -2.15. The zero-order chi connectivity index (χ0) is 14.8. The van der Waals surface area contributed by atoms with Gasteiger partial charge in [-0.15, -0.1) is 13.2 Å². The minimum atomic E-state index is -4.73. The first-order valence-electron chi connectivity index (χ1n) is 5.75. The molecule has 0 aliphatic carbocycles. The van der Waals surface area contributed by atoms with Crippen LogP contribution in [0.25, 0.3) is 0 Å². The summed E-state index contributed by atoms with van der Waals surface area (Å²) in [7, 11) is 0. The topological polar surface area (TPSA) is 61.0 Å². The van der Waals surface area contributed by atoms with Crippen molar-refractivity contribution in [2.75, 3.05) is 0 Å². The summed E-state index contributed by atoms with van der Waals surface area (Å²) < 4.78 is 40.4. The molecule has 1 unspecified atom stereocenters. The molecule has 7 heteroatoms. The summed E-state index contributed by atoms with van der Waals surface area (Å²) in [5.74, 6) is -0.314. The molecule has 0 saturated heterocycles. The molecule has 20 heavy (non-hydrogen) atoms. The third kappa shape index (κ3) is 3.67. The molecule has 0 spiro atoms. The summed E-state index contributed by atoms with van der Waals surface area (Å²) in [5.41, 5.74) is 7.63. The van der Waals surface area contributed by atoms with Crippen molar-refractivity contribution in [1.82, 2.24) is 9.97 Å². The van der Waals surface area contributed by atoms with Crippen molar-refractivity contribution >= 4 is 0 Å². The van der Waals surface area contributed by atoms with Gasteiger partial charge in [0.15, 0.2) is 0 Å². The summed E-state index contributed by atoms with van der Waals surface area (Å²) >= 11 is 0. The Morgan fingerprint density at radius 3 is 2.55 bits per heavy atom. The molecule has 0 saturated carbocycles. The summed E-state index contributed by atoms with van der Waals surface area (Å²) in [6, 6.07) is 4.83. The summed E-state index contributed by atoms with van der Waals surface area (Å²) in [5, 5.41) is 0. The van der Waals surface area contributed by atoms with Crippen LogP contribution in [-0.4, -0.2) is 16.3 Å². The van der Waals surface area contributed by atoms with E-state index in [1.807, 2.05) is 0 Å². The van der Waals surface area contributed by atoms with Crippen LogP contribution in [0.2, 0.25) is 0 Å². The fourth-order valence-electron chi connectivity index (χ4n) is 1.64. The van der Waals surface area contributed by atoms with Crippen LogP contribution in [0.5, 0.6) is 5.75 Å². The Kier molecular flexibility index (Phi) is 3.89. The Labute approximate surface area is 113 Å². The molecule has 0 bridgehead atoms. The van der Waals surface area contributed by atoms with Crippen molar-refractivity contribution in [2.24, 2.45) is 5.73 Å². The average Bonchev–Trinajstić information content (AvgIpc) is 2.37. The standard InChI is InChI=1S/C13H12F3N3O/c1-8-6-19-11(7-18-8)12(17)9-3-2-4-10(5-9)20-13(14,15)16/h2-7,12H,17H2,1H3. The van der Waals surface area contributed by atoms with Crippen LogP contribution in [0.4, 0.5) is 13.2 Å². The number of hydrogen-bond donors (Lipinski definition) is 1. The number of nitrogens with two attached hydrogens (primary N) is 1. The van der Waals surface area contributed by atoms with Gasteiger partial charge < -0.3 is 10.5 Å². The van der Waals surface area contributed by atoms with Gasteiger partial charge in [-0.25, -0.2) is 0 Å². The smallest absolute Gasteiger partial charge is 0.406 e. The molecule has 2 N–H and O–H groups in total. The van der Waals surface area contributed by atoms with E-state index in [-0.39, 0.29) is 5.75 Å². The lowest BCUT2D eigenvalue weighted by Crippen LogP contribution is -2.18. The molecular formula is C13H12F3N3O. The number of nitrogens with zero attached hydrogens (tertiary/aromatic N) is 2. The van der Waals surface area contributed by atoms with Gasteiger partial charge in [0.25, 0.3) is 0 Å². The fraction of sp³-hybridized carbons (Fsp3) is 0.231. The van der Waals surface area contributed by atoms with E-state index in [4.69, 9.17) is 5.73 Å². The van der Waals surface area contributed by atoms with Crippen LogP contribution in [0, 0.1) is 6.92 Å². The highest BCUT2D eigenvalue weighted by Crippen LogP contribution is 2.26. The molecule has 0 fully saturated rings. The Morgan fingerprint density at radius 1 is 1.20 bits per heavy atom. The van der Waals surface area contributed by atoms with Crippen LogP contribution in [0.1, 0.15) is 23.0 Å². The van der Waals surface area contributed by atoms with Gasteiger partial charge in [-0.3, -0.25) is 9.97 Å². The molecule has 1 heterocycles. The molecule has 1 aromatic heterocycles. The maximum atomic E-state index is 12.2. The van der Waals surface area contributed by atoms with Crippen molar-refractivity contribution in [1.29, 1.82) is 0 Å². The van der Waals surface area contributed by atoms with Crippen LogP contribution < -0.4 is 10.5 Å². The van der Waals surface area contributed by atoms with Crippen molar-refractivity contribution < 1.29 is 17.9 Å². The second kappa shape index (κ2) is 5.46. The van der Waals surface area contributed by atoms with Crippen LogP contribution >= 0.6 is 0 Å². The second-order valence-corrected chi connectivity index (χ2v) is 4.18. The SMILES string of the molecule is Cc1cnc(C(N)c2cccc(OC(F)(F)F)c2)cn1. The number of hydrogen-bond acceptors (Lipinski definition) is 4. The summed E-state index contributed by atoms with van der Waals surface area (Å²) in [4.78, 5) is 8.16. The summed E-state index contributed by atoms with van der Waals surface area (Å²) in [6.45, 7) is 1.78. The molecule has 0 amide bonds. The van der Waals surface area contributed by atoms with Gasteiger partial charge in [0.2, 0.25) is 0 Å². The van der Waals surface area contributed by atoms with E-state index in [0.29, 0.717) is 11.3 Å². The second-order valence-electron chi connectivity index (χ2n) is 4.18. The number of aromatic nitrogens is 2. The number of rotatable bonds is 3. The maximum absolute atomic E-state index is 12.2. The number of benzene rings is 1. The van der Waals surface area contributed by atoms with Gasteiger partial charge >= 0.3 is 6.36 Å². The fourth-order valence-corrected chi connectivity index (χ4v) is 1.64. The van der Waals surface area contributed by atoms with Gasteiger partial charge in [-0.1, -0.05) is 12.1 Å². The van der Waals surface area contributed by atoms with Crippen LogP contribution in [0.15, 0.2) is 36.7 Å². The first kappa shape index (κ1) is 14.3. The van der Waals surface area contributed by atoms with Gasteiger partial charge in [0.05, 0.1) is 23.6 Å².